The van der Waals surface area contributed by atoms with Crippen LogP contribution in [0.25, 0.3) is 0 Å². The van der Waals surface area contributed by atoms with E-state index < -0.39 is 12.0 Å². The molecule has 5 aliphatic rings. The van der Waals surface area contributed by atoms with Crippen molar-refractivity contribution in [1.82, 2.24) is 10.2 Å². The van der Waals surface area contributed by atoms with E-state index in [1.54, 1.807) is 4.90 Å². The fraction of sp³-hybridized carbons (Fsp3) is 0.818. The first kappa shape index (κ1) is 20.7. The lowest BCUT2D eigenvalue weighted by Crippen LogP contribution is -2.56. The third kappa shape index (κ3) is 4.33. The van der Waals surface area contributed by atoms with Gasteiger partial charge in [0, 0.05) is 37.3 Å². The van der Waals surface area contributed by atoms with Gasteiger partial charge in [-0.2, -0.15) is 13.2 Å². The molecule has 1 heterocycles. The van der Waals surface area contributed by atoms with Crippen LogP contribution in [0.1, 0.15) is 58.3 Å². The van der Waals surface area contributed by atoms with E-state index >= 15 is 0 Å². The Kier molecular flexibility index (Phi) is 5.45. The van der Waals surface area contributed by atoms with E-state index in [0.29, 0.717) is 32.0 Å². The highest BCUT2D eigenvalue weighted by Crippen LogP contribution is 2.61. The Labute approximate surface area is 170 Å². The average molecular weight is 412 g/mol. The third-order valence-corrected chi connectivity index (χ3v) is 7.98. The predicted molar refractivity (Wildman–Crippen MR) is 103 cm³/mol. The van der Waals surface area contributed by atoms with Crippen LogP contribution in [0.15, 0.2) is 12.3 Å². The quantitative estimate of drug-likeness (QED) is 0.693. The summed E-state index contributed by atoms with van der Waals surface area (Å²) in [6.45, 7) is 3.16. The number of allylic oxidation sites excluding steroid dienone is 1. The molecule has 29 heavy (non-hydrogen) atoms. The molecule has 4 nitrogen and oxygen atoms in total. The number of piperidine rings is 1. The number of halogens is 3. The van der Waals surface area contributed by atoms with E-state index in [9.17, 15) is 22.8 Å². The minimum Gasteiger partial charge on any atom is -0.377 e. The number of hydrogen-bond acceptors (Lipinski definition) is 3. The number of nitrogens with one attached hydrogen (secondary N) is 1. The maximum absolute atomic E-state index is 12.9. The SMILES string of the molecule is CC(NC(=O)C1CCN(/C=C/C(=O)C(F)(F)F)CC1)C12CC3CC(CC(C3)C1)C2. The van der Waals surface area contributed by atoms with Crippen LogP contribution in [-0.2, 0) is 9.59 Å². The molecule has 0 spiro atoms. The van der Waals surface area contributed by atoms with Crippen molar-refractivity contribution in [3.63, 3.8) is 0 Å². The molecular weight excluding hydrogens is 381 g/mol. The summed E-state index contributed by atoms with van der Waals surface area (Å²) in [5.41, 5.74) is 0.270. The van der Waals surface area contributed by atoms with Gasteiger partial charge in [-0.05, 0) is 81.5 Å². The van der Waals surface area contributed by atoms with E-state index in [2.05, 4.69) is 12.2 Å². The number of alkyl halides is 3. The summed E-state index contributed by atoms with van der Waals surface area (Å²) < 4.78 is 36.9. The zero-order chi connectivity index (χ0) is 20.8. The second kappa shape index (κ2) is 7.62. The van der Waals surface area contributed by atoms with Crippen LogP contribution in [0, 0.1) is 29.1 Å². The Hall–Kier alpha value is -1.53. The van der Waals surface area contributed by atoms with Crippen molar-refractivity contribution in [2.45, 2.75) is 70.5 Å². The summed E-state index contributed by atoms with van der Waals surface area (Å²) in [6.07, 6.45) is 6.03. The number of hydrogen-bond donors (Lipinski definition) is 1. The molecule has 1 atom stereocenters. The van der Waals surface area contributed by atoms with Crippen molar-refractivity contribution in [3.05, 3.63) is 12.3 Å². The van der Waals surface area contributed by atoms with Gasteiger partial charge in [-0.25, -0.2) is 0 Å². The molecule has 5 fully saturated rings. The van der Waals surface area contributed by atoms with Crippen molar-refractivity contribution in [1.29, 1.82) is 0 Å². The van der Waals surface area contributed by atoms with E-state index in [1.807, 2.05) is 0 Å². The Balaban J connectivity index is 1.27. The average Bonchev–Trinajstić information content (AvgIpc) is 2.64. The van der Waals surface area contributed by atoms with Gasteiger partial charge >= 0.3 is 6.18 Å². The van der Waals surface area contributed by atoms with Crippen LogP contribution in [0.4, 0.5) is 13.2 Å². The summed E-state index contributed by atoms with van der Waals surface area (Å²) in [4.78, 5) is 25.5. The molecule has 1 amide bonds. The second-order valence-electron chi connectivity index (χ2n) is 10.00. The summed E-state index contributed by atoms with van der Waals surface area (Å²) in [5.74, 6) is 0.666. The van der Waals surface area contributed by atoms with Crippen LogP contribution in [0.2, 0.25) is 0 Å². The lowest BCUT2D eigenvalue weighted by Gasteiger charge is -2.59. The molecule has 1 saturated heterocycles. The first-order valence-corrected chi connectivity index (χ1v) is 11.0. The number of likely N-dealkylation sites (tertiary alicyclic amines) is 1. The summed E-state index contributed by atoms with van der Waals surface area (Å²) >= 11 is 0. The Morgan fingerprint density at radius 1 is 1.03 bits per heavy atom. The van der Waals surface area contributed by atoms with Gasteiger partial charge in [-0.15, -0.1) is 0 Å². The number of nitrogens with zero attached hydrogens (tertiary/aromatic N) is 1. The summed E-state index contributed by atoms with van der Waals surface area (Å²) in [7, 11) is 0. The Bertz CT molecular complexity index is 645. The van der Waals surface area contributed by atoms with Crippen LogP contribution in [0.5, 0.6) is 0 Å². The molecule has 1 unspecified atom stereocenters. The lowest BCUT2D eigenvalue weighted by molar-refractivity contribution is -0.165. The van der Waals surface area contributed by atoms with Crippen molar-refractivity contribution in [2.24, 2.45) is 29.1 Å². The largest absolute Gasteiger partial charge is 0.454 e. The summed E-state index contributed by atoms with van der Waals surface area (Å²) in [6, 6.07) is 0.186. The molecule has 0 aromatic rings. The molecule has 1 aliphatic heterocycles. The number of carbonyl (C=O) groups is 2. The van der Waals surface area contributed by atoms with Gasteiger partial charge in [0.2, 0.25) is 5.91 Å². The van der Waals surface area contributed by atoms with Crippen molar-refractivity contribution in [2.75, 3.05) is 13.1 Å². The standard InChI is InChI=1S/C22H31F3N2O2/c1-14(21-11-15-8-16(12-21)10-17(9-15)13-21)26-20(29)18-2-5-27(6-3-18)7-4-19(28)22(23,24)25/h4,7,14-18H,2-3,5-6,8-13H2,1H3,(H,26,29)/b7-4+. The van der Waals surface area contributed by atoms with Gasteiger partial charge in [0.15, 0.2) is 0 Å². The number of ketones is 1. The molecule has 1 N–H and O–H groups in total. The van der Waals surface area contributed by atoms with E-state index in [-0.39, 0.29) is 23.3 Å². The van der Waals surface area contributed by atoms with Crippen LogP contribution >= 0.6 is 0 Å². The molecule has 162 valence electrons. The molecule has 5 rings (SSSR count). The molecule has 7 heteroatoms. The van der Waals surface area contributed by atoms with Gasteiger partial charge < -0.3 is 10.2 Å². The van der Waals surface area contributed by atoms with E-state index in [0.717, 1.165) is 17.8 Å². The topological polar surface area (TPSA) is 49.4 Å². The molecule has 4 bridgehead atoms. The first-order chi connectivity index (χ1) is 13.6. The van der Waals surface area contributed by atoms with Crippen molar-refractivity contribution in [3.8, 4) is 0 Å². The lowest BCUT2D eigenvalue weighted by atomic mass is 9.48. The molecule has 4 aliphatic carbocycles. The molecule has 0 radical (unpaired) electrons. The number of amides is 1. The smallest absolute Gasteiger partial charge is 0.377 e. The maximum Gasteiger partial charge on any atom is 0.454 e. The monoisotopic (exact) mass is 412 g/mol. The molecule has 4 saturated carbocycles. The van der Waals surface area contributed by atoms with Crippen LogP contribution < -0.4 is 5.32 Å². The van der Waals surface area contributed by atoms with Crippen molar-refractivity contribution < 1.29 is 22.8 Å². The third-order valence-electron chi connectivity index (χ3n) is 7.98. The molecule has 0 aromatic carbocycles. The van der Waals surface area contributed by atoms with E-state index in [1.165, 1.54) is 44.7 Å². The van der Waals surface area contributed by atoms with Gasteiger partial charge in [0.25, 0.3) is 5.78 Å². The fourth-order valence-electron chi connectivity index (χ4n) is 6.77. The van der Waals surface area contributed by atoms with Gasteiger partial charge in [-0.1, -0.05) is 0 Å². The van der Waals surface area contributed by atoms with Gasteiger partial charge in [-0.3, -0.25) is 9.59 Å². The molecular formula is C22H31F3N2O2. The Morgan fingerprint density at radius 3 is 2.03 bits per heavy atom. The maximum atomic E-state index is 12.9. The van der Waals surface area contributed by atoms with Crippen molar-refractivity contribution >= 4 is 11.7 Å². The minimum absolute atomic E-state index is 0.0863. The normalized spacial score (nSPS) is 35.9. The highest BCUT2D eigenvalue weighted by molar-refractivity contribution is 5.94. The highest BCUT2D eigenvalue weighted by atomic mass is 19.4. The zero-order valence-electron chi connectivity index (χ0n) is 17.0. The predicted octanol–water partition coefficient (Wildman–Crippen LogP) is 4.06. The minimum atomic E-state index is -4.83. The van der Waals surface area contributed by atoms with Gasteiger partial charge in [0.1, 0.15) is 0 Å². The summed E-state index contributed by atoms with van der Waals surface area (Å²) in [5, 5.41) is 3.31. The van der Waals surface area contributed by atoms with Crippen LogP contribution in [-0.4, -0.2) is 41.9 Å². The number of rotatable bonds is 5. The number of carbonyl (C=O) groups excluding carboxylic acids is 2. The van der Waals surface area contributed by atoms with E-state index in [4.69, 9.17) is 0 Å². The molecule has 0 aromatic heterocycles. The first-order valence-electron chi connectivity index (χ1n) is 11.0. The Morgan fingerprint density at radius 2 is 1.55 bits per heavy atom. The zero-order valence-corrected chi connectivity index (χ0v) is 17.0. The van der Waals surface area contributed by atoms with Crippen LogP contribution in [0.3, 0.4) is 0 Å². The highest BCUT2D eigenvalue weighted by Gasteiger charge is 2.53. The second-order valence-corrected chi connectivity index (χ2v) is 10.00. The van der Waals surface area contributed by atoms with Gasteiger partial charge in [0.05, 0.1) is 0 Å². The fourth-order valence-corrected chi connectivity index (χ4v) is 6.77.